The molecule has 0 saturated carbocycles. The van der Waals surface area contributed by atoms with Crippen LogP contribution in [0.1, 0.15) is 26.7 Å². The molecule has 0 bridgehead atoms. The van der Waals surface area contributed by atoms with Crippen molar-refractivity contribution in [2.45, 2.75) is 5.25 Å². The Bertz CT molecular complexity index is 1050. The first-order valence-corrected chi connectivity index (χ1v) is 9.59. The lowest BCUT2D eigenvalue weighted by atomic mass is 10.1. The van der Waals surface area contributed by atoms with Crippen molar-refractivity contribution < 1.29 is 19.4 Å². The van der Waals surface area contributed by atoms with E-state index in [0.717, 1.165) is 16.9 Å². The van der Waals surface area contributed by atoms with Gasteiger partial charge in [0.05, 0.1) is 35.6 Å². The zero-order valence-corrected chi connectivity index (χ0v) is 15.8. The van der Waals surface area contributed by atoms with Gasteiger partial charge in [0.1, 0.15) is 11.6 Å². The lowest BCUT2D eigenvalue weighted by molar-refractivity contribution is -0.113. The predicted molar refractivity (Wildman–Crippen MR) is 106 cm³/mol. The lowest BCUT2D eigenvalue weighted by Crippen LogP contribution is -2.15. The summed E-state index contributed by atoms with van der Waals surface area (Å²) in [6, 6.07) is 14.1. The topological polar surface area (TPSA) is 93.5 Å². The van der Waals surface area contributed by atoms with E-state index in [0.29, 0.717) is 17.3 Å². The SMILES string of the molecule is COc1cccc(C2SCC(=O)Nc3c2cnn3-c2ccc(C(=O)O)cc2)c1. The minimum absolute atomic E-state index is 0.0870. The summed E-state index contributed by atoms with van der Waals surface area (Å²) in [4.78, 5) is 23.4. The van der Waals surface area contributed by atoms with Gasteiger partial charge in [-0.05, 0) is 42.0 Å². The molecule has 1 amide bonds. The van der Waals surface area contributed by atoms with Gasteiger partial charge in [0.15, 0.2) is 0 Å². The third-order valence-electron chi connectivity index (χ3n) is 4.47. The number of nitrogens with one attached hydrogen (secondary N) is 1. The highest BCUT2D eigenvalue weighted by Gasteiger charge is 2.28. The summed E-state index contributed by atoms with van der Waals surface area (Å²) in [6.45, 7) is 0. The van der Waals surface area contributed by atoms with Gasteiger partial charge in [-0.25, -0.2) is 9.48 Å². The summed E-state index contributed by atoms with van der Waals surface area (Å²) in [5, 5.41) is 16.4. The minimum Gasteiger partial charge on any atom is -0.497 e. The molecule has 0 fully saturated rings. The number of aromatic carboxylic acids is 1. The molecule has 8 heteroatoms. The molecular weight excluding hydrogens is 378 g/mol. The van der Waals surface area contributed by atoms with Crippen LogP contribution in [0.15, 0.2) is 54.7 Å². The minimum atomic E-state index is -0.992. The van der Waals surface area contributed by atoms with E-state index in [-0.39, 0.29) is 16.7 Å². The second-order valence-electron chi connectivity index (χ2n) is 6.23. The number of carboxylic acids is 1. The molecule has 7 nitrogen and oxygen atoms in total. The molecule has 2 N–H and O–H groups in total. The lowest BCUT2D eigenvalue weighted by Gasteiger charge is -2.15. The van der Waals surface area contributed by atoms with E-state index in [1.54, 1.807) is 30.1 Å². The normalized spacial score (nSPS) is 16.0. The second-order valence-corrected chi connectivity index (χ2v) is 7.32. The van der Waals surface area contributed by atoms with Crippen molar-refractivity contribution in [3.8, 4) is 11.4 Å². The van der Waals surface area contributed by atoms with Gasteiger partial charge in [0, 0.05) is 5.56 Å². The monoisotopic (exact) mass is 395 g/mol. The Morgan fingerprint density at radius 3 is 2.79 bits per heavy atom. The van der Waals surface area contributed by atoms with E-state index in [2.05, 4.69) is 10.4 Å². The van der Waals surface area contributed by atoms with Crippen LogP contribution >= 0.6 is 11.8 Å². The number of methoxy groups -OCH3 is 1. The van der Waals surface area contributed by atoms with Gasteiger partial charge in [-0.3, -0.25) is 4.79 Å². The van der Waals surface area contributed by atoms with Crippen molar-refractivity contribution in [3.05, 3.63) is 71.4 Å². The van der Waals surface area contributed by atoms with Gasteiger partial charge in [-0.2, -0.15) is 5.10 Å². The molecule has 1 atom stereocenters. The third-order valence-corrected chi connectivity index (χ3v) is 5.76. The zero-order chi connectivity index (χ0) is 19.7. The molecule has 1 aromatic heterocycles. The molecule has 0 saturated heterocycles. The molecule has 28 heavy (non-hydrogen) atoms. The van der Waals surface area contributed by atoms with E-state index in [1.807, 2.05) is 24.3 Å². The van der Waals surface area contributed by atoms with Crippen LogP contribution < -0.4 is 10.1 Å². The van der Waals surface area contributed by atoms with Crippen LogP contribution in [0.3, 0.4) is 0 Å². The van der Waals surface area contributed by atoms with Gasteiger partial charge < -0.3 is 15.2 Å². The number of nitrogens with zero attached hydrogens (tertiary/aromatic N) is 2. The van der Waals surface area contributed by atoms with Crippen LogP contribution in [0.2, 0.25) is 0 Å². The number of carbonyl (C=O) groups is 2. The average Bonchev–Trinajstić information content (AvgIpc) is 3.03. The maximum atomic E-state index is 12.3. The molecule has 1 aliphatic rings. The Morgan fingerprint density at radius 1 is 1.29 bits per heavy atom. The fraction of sp³-hybridized carbons (Fsp3) is 0.150. The Hall–Kier alpha value is -3.26. The van der Waals surface area contributed by atoms with Gasteiger partial charge >= 0.3 is 5.97 Å². The van der Waals surface area contributed by atoms with Crippen molar-refractivity contribution >= 4 is 29.5 Å². The number of hydrogen-bond acceptors (Lipinski definition) is 5. The van der Waals surface area contributed by atoms with Crippen LogP contribution in [0.5, 0.6) is 5.75 Å². The Kier molecular flexibility index (Phi) is 4.79. The first-order valence-electron chi connectivity index (χ1n) is 8.54. The van der Waals surface area contributed by atoms with Crippen LogP contribution in [0.25, 0.3) is 5.69 Å². The summed E-state index contributed by atoms with van der Waals surface area (Å²) in [7, 11) is 1.62. The third kappa shape index (κ3) is 3.34. The van der Waals surface area contributed by atoms with Gasteiger partial charge in [-0.15, -0.1) is 11.8 Å². The summed E-state index contributed by atoms with van der Waals surface area (Å²) in [5.41, 5.74) is 2.76. The number of carbonyl (C=O) groups excluding carboxylic acids is 1. The summed E-state index contributed by atoms with van der Waals surface area (Å²) >= 11 is 1.52. The van der Waals surface area contributed by atoms with Crippen molar-refractivity contribution in [3.63, 3.8) is 0 Å². The number of aromatic nitrogens is 2. The van der Waals surface area contributed by atoms with E-state index in [1.165, 1.54) is 23.9 Å². The summed E-state index contributed by atoms with van der Waals surface area (Å²) < 4.78 is 6.95. The number of ether oxygens (including phenoxy) is 1. The number of fused-ring (bicyclic) bond motifs is 1. The number of carboxylic acid groups (broad SMARTS) is 1. The number of hydrogen-bond donors (Lipinski definition) is 2. The Morgan fingerprint density at radius 2 is 2.07 bits per heavy atom. The second kappa shape index (κ2) is 7.40. The fourth-order valence-electron chi connectivity index (χ4n) is 3.12. The maximum absolute atomic E-state index is 12.3. The summed E-state index contributed by atoms with van der Waals surface area (Å²) in [6.07, 6.45) is 1.74. The van der Waals surface area contributed by atoms with E-state index in [4.69, 9.17) is 9.84 Å². The fourth-order valence-corrected chi connectivity index (χ4v) is 4.20. The molecule has 2 heterocycles. The van der Waals surface area contributed by atoms with Gasteiger partial charge in [-0.1, -0.05) is 12.1 Å². The first-order chi connectivity index (χ1) is 13.6. The van der Waals surface area contributed by atoms with Crippen molar-refractivity contribution in [1.82, 2.24) is 9.78 Å². The molecule has 4 rings (SSSR count). The molecular formula is C20H17N3O4S. The van der Waals surface area contributed by atoms with Crippen molar-refractivity contribution in [2.24, 2.45) is 0 Å². The number of amides is 1. The van der Waals surface area contributed by atoms with Gasteiger partial charge in [0.25, 0.3) is 0 Å². The molecule has 0 radical (unpaired) electrons. The number of rotatable bonds is 4. The van der Waals surface area contributed by atoms with Crippen LogP contribution in [0.4, 0.5) is 5.82 Å². The number of benzene rings is 2. The van der Waals surface area contributed by atoms with Gasteiger partial charge in [0.2, 0.25) is 5.91 Å². The van der Waals surface area contributed by atoms with Crippen LogP contribution in [-0.4, -0.2) is 39.6 Å². The average molecular weight is 395 g/mol. The van der Waals surface area contributed by atoms with Crippen molar-refractivity contribution in [1.29, 1.82) is 0 Å². The van der Waals surface area contributed by atoms with Crippen molar-refractivity contribution in [2.75, 3.05) is 18.2 Å². The molecule has 142 valence electrons. The Balaban J connectivity index is 1.78. The highest BCUT2D eigenvalue weighted by molar-refractivity contribution is 8.00. The molecule has 1 aliphatic heterocycles. The highest BCUT2D eigenvalue weighted by Crippen LogP contribution is 2.42. The highest BCUT2D eigenvalue weighted by atomic mass is 32.2. The molecule has 0 spiro atoms. The predicted octanol–water partition coefficient (Wildman–Crippen LogP) is 3.35. The number of thioether (sulfide) groups is 1. The largest absolute Gasteiger partial charge is 0.497 e. The standard InChI is InChI=1S/C20H17N3O4S/c1-27-15-4-2-3-13(9-15)18-16-10-21-23(19(16)22-17(24)11-28-18)14-7-5-12(6-8-14)20(25)26/h2-10,18H,11H2,1H3,(H,22,24)(H,25,26). The first kappa shape index (κ1) is 18.1. The van der Waals surface area contributed by atoms with Crippen LogP contribution in [-0.2, 0) is 4.79 Å². The van der Waals surface area contributed by atoms with E-state index >= 15 is 0 Å². The molecule has 3 aromatic rings. The summed E-state index contributed by atoms with van der Waals surface area (Å²) in [5.74, 6) is 0.550. The smallest absolute Gasteiger partial charge is 0.335 e. The molecule has 2 aromatic carbocycles. The van der Waals surface area contributed by atoms with E-state index in [9.17, 15) is 9.59 Å². The van der Waals surface area contributed by atoms with Crippen LogP contribution in [0, 0.1) is 0 Å². The zero-order valence-electron chi connectivity index (χ0n) is 15.0. The quantitative estimate of drug-likeness (QED) is 0.704. The number of anilines is 1. The van der Waals surface area contributed by atoms with E-state index < -0.39 is 5.97 Å². The Labute approximate surface area is 165 Å². The molecule has 0 aliphatic carbocycles. The maximum Gasteiger partial charge on any atom is 0.335 e. The molecule has 1 unspecified atom stereocenters.